The smallest absolute Gasteiger partial charge is 0.0623 e. The zero-order valence-corrected chi connectivity index (χ0v) is 9.71. The van der Waals surface area contributed by atoms with Crippen molar-refractivity contribution in [3.05, 3.63) is 0 Å². The minimum absolute atomic E-state index is 0.431. The normalized spacial score (nSPS) is 37.0. The summed E-state index contributed by atoms with van der Waals surface area (Å²) in [5.74, 6) is 0. The Labute approximate surface area is 92.5 Å². The number of methoxy groups -OCH3 is 1. The second-order valence-electron chi connectivity index (χ2n) is 4.77. The van der Waals surface area contributed by atoms with Crippen molar-refractivity contribution < 1.29 is 9.47 Å². The molecule has 3 unspecified atom stereocenters. The molecule has 0 aromatic carbocycles. The van der Waals surface area contributed by atoms with E-state index in [4.69, 9.17) is 9.47 Å². The van der Waals surface area contributed by atoms with E-state index >= 15 is 0 Å². The number of ether oxygens (including phenoxy) is 2. The van der Waals surface area contributed by atoms with Crippen LogP contribution in [0.5, 0.6) is 0 Å². The summed E-state index contributed by atoms with van der Waals surface area (Å²) in [6.45, 7) is 2.06. The summed E-state index contributed by atoms with van der Waals surface area (Å²) in [5, 5.41) is 3.47. The average Bonchev–Trinajstić information content (AvgIpc) is 2.79. The number of nitrogens with one attached hydrogen (secondary N) is 1. The fourth-order valence-electron chi connectivity index (χ4n) is 2.62. The van der Waals surface area contributed by atoms with E-state index in [1.807, 2.05) is 7.11 Å². The maximum Gasteiger partial charge on any atom is 0.0623 e. The molecular weight excluding hydrogens is 190 g/mol. The summed E-state index contributed by atoms with van der Waals surface area (Å²) in [5.41, 5.74) is 0. The molecule has 0 aromatic rings. The highest BCUT2D eigenvalue weighted by Gasteiger charge is 2.23. The van der Waals surface area contributed by atoms with Crippen molar-refractivity contribution in [3.8, 4) is 0 Å². The molecular formula is C12H23NO2. The van der Waals surface area contributed by atoms with E-state index in [-0.39, 0.29) is 0 Å². The van der Waals surface area contributed by atoms with Gasteiger partial charge in [-0.05, 0) is 45.1 Å². The highest BCUT2D eigenvalue weighted by atomic mass is 16.5. The molecule has 1 heterocycles. The van der Waals surface area contributed by atoms with Gasteiger partial charge < -0.3 is 14.8 Å². The van der Waals surface area contributed by atoms with Gasteiger partial charge in [0.1, 0.15) is 0 Å². The van der Waals surface area contributed by atoms with E-state index < -0.39 is 0 Å². The van der Waals surface area contributed by atoms with Gasteiger partial charge in [0.15, 0.2) is 0 Å². The largest absolute Gasteiger partial charge is 0.381 e. The molecule has 1 saturated heterocycles. The maximum absolute atomic E-state index is 5.96. The molecule has 1 aliphatic carbocycles. The van der Waals surface area contributed by atoms with Gasteiger partial charge >= 0.3 is 0 Å². The standard InChI is InChI=1S/C12H23NO2/c1-14-11-5-2-6-12(8-11)15-9-10-4-3-7-13-10/h10-13H,2-9H2,1H3. The van der Waals surface area contributed by atoms with Crippen molar-refractivity contribution >= 4 is 0 Å². The fraction of sp³-hybridized carbons (Fsp3) is 1.00. The van der Waals surface area contributed by atoms with Crippen molar-refractivity contribution in [1.82, 2.24) is 5.32 Å². The molecule has 2 aliphatic rings. The summed E-state index contributed by atoms with van der Waals surface area (Å²) in [6, 6.07) is 0.605. The average molecular weight is 213 g/mol. The van der Waals surface area contributed by atoms with Gasteiger partial charge in [0.25, 0.3) is 0 Å². The Kier molecular flexibility index (Phi) is 4.42. The van der Waals surface area contributed by atoms with Crippen molar-refractivity contribution in [2.45, 2.75) is 56.8 Å². The van der Waals surface area contributed by atoms with Crippen LogP contribution in [0.4, 0.5) is 0 Å². The zero-order valence-electron chi connectivity index (χ0n) is 9.71. The predicted molar refractivity (Wildman–Crippen MR) is 60.0 cm³/mol. The third-order valence-corrected chi connectivity index (χ3v) is 3.61. The first-order valence-electron chi connectivity index (χ1n) is 6.26. The molecule has 1 N–H and O–H groups in total. The van der Waals surface area contributed by atoms with Crippen LogP contribution in [-0.2, 0) is 9.47 Å². The second kappa shape index (κ2) is 5.83. The SMILES string of the molecule is COC1CCCC(OCC2CCCN2)C1. The van der Waals surface area contributed by atoms with E-state index in [1.54, 1.807) is 0 Å². The van der Waals surface area contributed by atoms with Gasteiger partial charge in [0, 0.05) is 13.2 Å². The Morgan fingerprint density at radius 3 is 2.73 bits per heavy atom. The van der Waals surface area contributed by atoms with Crippen LogP contribution in [-0.4, -0.2) is 38.5 Å². The topological polar surface area (TPSA) is 30.5 Å². The predicted octanol–water partition coefficient (Wildman–Crippen LogP) is 1.71. The first-order valence-corrected chi connectivity index (χ1v) is 6.26. The van der Waals surface area contributed by atoms with Crippen LogP contribution in [0.3, 0.4) is 0 Å². The van der Waals surface area contributed by atoms with Gasteiger partial charge in [-0.1, -0.05) is 0 Å². The Morgan fingerprint density at radius 1 is 1.13 bits per heavy atom. The lowest BCUT2D eigenvalue weighted by atomic mass is 9.95. The van der Waals surface area contributed by atoms with Crippen molar-refractivity contribution in [2.24, 2.45) is 0 Å². The highest BCUT2D eigenvalue weighted by molar-refractivity contribution is 4.77. The molecule has 0 aromatic heterocycles. The van der Waals surface area contributed by atoms with Crippen LogP contribution in [0.1, 0.15) is 38.5 Å². The molecule has 3 atom stereocenters. The molecule has 3 nitrogen and oxygen atoms in total. The molecule has 15 heavy (non-hydrogen) atoms. The van der Waals surface area contributed by atoms with Crippen LogP contribution in [0.15, 0.2) is 0 Å². The molecule has 3 heteroatoms. The summed E-state index contributed by atoms with van der Waals surface area (Å²) >= 11 is 0. The summed E-state index contributed by atoms with van der Waals surface area (Å²) < 4.78 is 11.4. The Bertz CT molecular complexity index is 180. The Balaban J connectivity index is 1.65. The summed E-state index contributed by atoms with van der Waals surface area (Å²) in [7, 11) is 1.81. The van der Waals surface area contributed by atoms with Gasteiger partial charge in [0.05, 0.1) is 18.8 Å². The van der Waals surface area contributed by atoms with Crippen LogP contribution < -0.4 is 5.32 Å². The van der Waals surface area contributed by atoms with E-state index in [9.17, 15) is 0 Å². The molecule has 2 fully saturated rings. The van der Waals surface area contributed by atoms with Gasteiger partial charge in [-0.15, -0.1) is 0 Å². The lowest BCUT2D eigenvalue weighted by molar-refractivity contribution is -0.0342. The first-order chi connectivity index (χ1) is 7.38. The Morgan fingerprint density at radius 2 is 2.00 bits per heavy atom. The molecule has 0 radical (unpaired) electrons. The minimum atomic E-state index is 0.431. The molecule has 1 aliphatic heterocycles. The molecule has 88 valence electrons. The molecule has 1 saturated carbocycles. The van der Waals surface area contributed by atoms with Crippen molar-refractivity contribution in [1.29, 1.82) is 0 Å². The summed E-state index contributed by atoms with van der Waals surface area (Å²) in [4.78, 5) is 0. The molecule has 2 rings (SSSR count). The molecule has 0 bridgehead atoms. The number of hydrogen-bond acceptors (Lipinski definition) is 3. The zero-order chi connectivity index (χ0) is 10.5. The van der Waals surface area contributed by atoms with E-state index in [1.165, 1.54) is 38.6 Å². The molecule has 0 spiro atoms. The van der Waals surface area contributed by atoms with Gasteiger partial charge in [0.2, 0.25) is 0 Å². The van der Waals surface area contributed by atoms with Crippen LogP contribution in [0.2, 0.25) is 0 Å². The third kappa shape index (κ3) is 3.44. The van der Waals surface area contributed by atoms with Crippen LogP contribution >= 0.6 is 0 Å². The lowest BCUT2D eigenvalue weighted by Crippen LogP contribution is -2.33. The monoisotopic (exact) mass is 213 g/mol. The fourth-order valence-corrected chi connectivity index (χ4v) is 2.62. The minimum Gasteiger partial charge on any atom is -0.381 e. The highest BCUT2D eigenvalue weighted by Crippen LogP contribution is 2.23. The van der Waals surface area contributed by atoms with Crippen LogP contribution in [0, 0.1) is 0 Å². The quantitative estimate of drug-likeness (QED) is 0.771. The van der Waals surface area contributed by atoms with Crippen molar-refractivity contribution in [2.75, 3.05) is 20.3 Å². The molecule has 0 amide bonds. The lowest BCUT2D eigenvalue weighted by Gasteiger charge is -2.29. The summed E-state index contributed by atoms with van der Waals surface area (Å²) in [6.07, 6.45) is 8.21. The maximum atomic E-state index is 5.96. The number of hydrogen-bond donors (Lipinski definition) is 1. The third-order valence-electron chi connectivity index (χ3n) is 3.61. The van der Waals surface area contributed by atoms with E-state index in [0.29, 0.717) is 18.2 Å². The van der Waals surface area contributed by atoms with E-state index in [0.717, 1.165) is 13.0 Å². The van der Waals surface area contributed by atoms with Crippen LogP contribution in [0.25, 0.3) is 0 Å². The van der Waals surface area contributed by atoms with Gasteiger partial charge in [-0.2, -0.15) is 0 Å². The second-order valence-corrected chi connectivity index (χ2v) is 4.77. The van der Waals surface area contributed by atoms with Gasteiger partial charge in [-0.25, -0.2) is 0 Å². The first kappa shape index (κ1) is 11.4. The number of rotatable bonds is 4. The van der Waals surface area contributed by atoms with E-state index in [2.05, 4.69) is 5.32 Å². The Hall–Kier alpha value is -0.120. The van der Waals surface area contributed by atoms with Crippen molar-refractivity contribution in [3.63, 3.8) is 0 Å². The van der Waals surface area contributed by atoms with Gasteiger partial charge in [-0.3, -0.25) is 0 Å².